The second kappa shape index (κ2) is 6.04. The minimum atomic E-state index is -0.370. The second-order valence-electron chi connectivity index (χ2n) is 4.22. The van der Waals surface area contributed by atoms with Crippen LogP contribution in [0.4, 0.5) is 5.69 Å². The molecular weight excluding hydrogens is 369 g/mol. The molecule has 0 fully saturated rings. The Morgan fingerprint density at radius 1 is 1.15 bits per heavy atom. The monoisotopic (exact) mass is 381 g/mol. The predicted molar refractivity (Wildman–Crippen MR) is 85.2 cm³/mol. The van der Waals surface area contributed by atoms with Gasteiger partial charge in [-0.25, -0.2) is 0 Å². The molecule has 0 aromatic heterocycles. The van der Waals surface area contributed by atoms with Crippen molar-refractivity contribution in [2.24, 2.45) is 0 Å². The largest absolute Gasteiger partial charge is 0.507 e. The summed E-state index contributed by atoms with van der Waals surface area (Å²) in [5, 5.41) is 12.3. The van der Waals surface area contributed by atoms with Crippen LogP contribution < -0.4 is 5.32 Å². The zero-order chi connectivity index (χ0) is 14.7. The molecule has 1 amide bonds. The number of aromatic hydroxyl groups is 1. The zero-order valence-electron chi connectivity index (χ0n) is 10.7. The molecule has 0 aliphatic rings. The number of halogens is 1. The number of amides is 1. The number of rotatable bonds is 3. The Labute approximate surface area is 130 Å². The smallest absolute Gasteiger partial charge is 0.255 e. The van der Waals surface area contributed by atoms with Crippen molar-refractivity contribution in [1.82, 2.24) is 0 Å². The van der Waals surface area contributed by atoms with E-state index in [1.807, 2.05) is 22.6 Å². The summed E-state index contributed by atoms with van der Waals surface area (Å²) in [6.07, 6.45) is 0. The Morgan fingerprint density at radius 3 is 2.50 bits per heavy atom. The lowest BCUT2D eigenvalue weighted by atomic mass is 10.1. The van der Waals surface area contributed by atoms with E-state index in [0.717, 1.165) is 0 Å². The lowest BCUT2D eigenvalue weighted by molar-refractivity contribution is 0.101. The molecule has 0 atom stereocenters. The molecule has 0 spiro atoms. The quantitative estimate of drug-likeness (QED) is 0.632. The molecule has 0 aliphatic heterocycles. The number of hydrogen-bond donors (Lipinski definition) is 2. The van der Waals surface area contributed by atoms with Gasteiger partial charge in [0.15, 0.2) is 5.78 Å². The highest BCUT2D eigenvalue weighted by atomic mass is 127. The molecule has 2 aromatic carbocycles. The van der Waals surface area contributed by atoms with Crippen LogP contribution in [0.25, 0.3) is 0 Å². The average Bonchev–Trinajstić information content (AvgIpc) is 2.42. The van der Waals surface area contributed by atoms with Crippen molar-refractivity contribution in [1.29, 1.82) is 0 Å². The van der Waals surface area contributed by atoms with E-state index >= 15 is 0 Å². The summed E-state index contributed by atoms with van der Waals surface area (Å²) in [7, 11) is 0. The van der Waals surface area contributed by atoms with Gasteiger partial charge in [0.2, 0.25) is 0 Å². The molecule has 0 radical (unpaired) electrons. The molecule has 2 aromatic rings. The van der Waals surface area contributed by atoms with Gasteiger partial charge in [0.05, 0.1) is 9.26 Å². The number of para-hydroxylation sites is 1. The van der Waals surface area contributed by atoms with Gasteiger partial charge in [0.25, 0.3) is 5.91 Å². The van der Waals surface area contributed by atoms with Gasteiger partial charge >= 0.3 is 0 Å². The third kappa shape index (κ3) is 3.16. The van der Waals surface area contributed by atoms with E-state index in [2.05, 4.69) is 5.32 Å². The van der Waals surface area contributed by atoms with Gasteiger partial charge in [0.1, 0.15) is 5.75 Å². The molecule has 102 valence electrons. The van der Waals surface area contributed by atoms with Crippen LogP contribution in [0, 0.1) is 3.57 Å². The Kier molecular flexibility index (Phi) is 4.39. The fourth-order valence-electron chi connectivity index (χ4n) is 1.75. The van der Waals surface area contributed by atoms with Gasteiger partial charge in [-0.2, -0.15) is 0 Å². The number of anilines is 1. The Hall–Kier alpha value is -1.89. The van der Waals surface area contributed by atoms with Crippen molar-refractivity contribution in [2.45, 2.75) is 6.92 Å². The standard InChI is InChI=1S/C15H12INO3/c1-9(18)11-4-2-3-5-13(11)17-15(20)10-6-7-12(16)14(19)8-10/h2-8,19H,1H3,(H,17,20). The number of nitrogens with one attached hydrogen (secondary N) is 1. The first-order valence-corrected chi connectivity index (χ1v) is 6.96. The molecule has 0 saturated heterocycles. The number of phenolic OH excluding ortho intramolecular Hbond substituents is 1. The molecule has 0 unspecified atom stereocenters. The molecule has 0 aliphatic carbocycles. The number of Topliss-reactive ketones (excluding diaryl/α,β-unsaturated/α-hetero) is 1. The fraction of sp³-hybridized carbons (Fsp3) is 0.0667. The lowest BCUT2D eigenvalue weighted by Crippen LogP contribution is -2.14. The van der Waals surface area contributed by atoms with Gasteiger partial charge in [-0.3, -0.25) is 9.59 Å². The summed E-state index contributed by atoms with van der Waals surface area (Å²) in [5.74, 6) is -0.435. The minimum Gasteiger partial charge on any atom is -0.507 e. The van der Waals surface area contributed by atoms with Crippen LogP contribution in [0.15, 0.2) is 42.5 Å². The van der Waals surface area contributed by atoms with Crippen LogP contribution in [-0.4, -0.2) is 16.8 Å². The van der Waals surface area contributed by atoms with Crippen molar-refractivity contribution >= 4 is 40.0 Å². The number of ketones is 1. The summed E-state index contributed by atoms with van der Waals surface area (Å²) in [4.78, 5) is 23.6. The SMILES string of the molecule is CC(=O)c1ccccc1NC(=O)c1ccc(I)c(O)c1. The molecule has 0 bridgehead atoms. The summed E-state index contributed by atoms with van der Waals surface area (Å²) >= 11 is 1.98. The van der Waals surface area contributed by atoms with E-state index in [9.17, 15) is 14.7 Å². The number of carbonyl (C=O) groups is 2. The van der Waals surface area contributed by atoms with Crippen molar-refractivity contribution in [3.63, 3.8) is 0 Å². The summed E-state index contributed by atoms with van der Waals surface area (Å²) in [5.41, 5.74) is 1.25. The topological polar surface area (TPSA) is 66.4 Å². The maximum absolute atomic E-state index is 12.1. The van der Waals surface area contributed by atoms with E-state index in [4.69, 9.17) is 0 Å². The van der Waals surface area contributed by atoms with Crippen LogP contribution in [0.2, 0.25) is 0 Å². The molecule has 0 saturated carbocycles. The predicted octanol–water partition coefficient (Wildman–Crippen LogP) is 3.45. The molecule has 0 heterocycles. The van der Waals surface area contributed by atoms with Crippen LogP contribution in [0.5, 0.6) is 5.75 Å². The highest BCUT2D eigenvalue weighted by Gasteiger charge is 2.12. The van der Waals surface area contributed by atoms with Gasteiger partial charge in [-0.05, 0) is 59.8 Å². The summed E-state index contributed by atoms with van der Waals surface area (Å²) < 4.78 is 0.670. The normalized spacial score (nSPS) is 10.1. The maximum Gasteiger partial charge on any atom is 0.255 e. The van der Waals surface area contributed by atoms with Gasteiger partial charge < -0.3 is 10.4 Å². The van der Waals surface area contributed by atoms with Gasteiger partial charge in [-0.1, -0.05) is 12.1 Å². The van der Waals surface area contributed by atoms with Crippen molar-refractivity contribution in [3.8, 4) is 5.75 Å². The highest BCUT2D eigenvalue weighted by Crippen LogP contribution is 2.22. The van der Waals surface area contributed by atoms with Gasteiger partial charge in [-0.15, -0.1) is 0 Å². The van der Waals surface area contributed by atoms with Crippen LogP contribution in [0.3, 0.4) is 0 Å². The fourth-order valence-corrected chi connectivity index (χ4v) is 2.08. The highest BCUT2D eigenvalue weighted by molar-refractivity contribution is 14.1. The van der Waals surface area contributed by atoms with E-state index in [0.29, 0.717) is 20.4 Å². The Bertz CT molecular complexity index is 683. The van der Waals surface area contributed by atoms with E-state index in [-0.39, 0.29) is 17.4 Å². The number of benzene rings is 2. The number of phenols is 1. The molecular formula is C15H12INO3. The van der Waals surface area contributed by atoms with E-state index in [1.54, 1.807) is 36.4 Å². The van der Waals surface area contributed by atoms with Crippen molar-refractivity contribution < 1.29 is 14.7 Å². The summed E-state index contributed by atoms with van der Waals surface area (Å²) in [6, 6.07) is 11.5. The molecule has 2 N–H and O–H groups in total. The first-order chi connectivity index (χ1) is 9.49. The van der Waals surface area contributed by atoms with E-state index < -0.39 is 0 Å². The minimum absolute atomic E-state index is 0.0538. The third-order valence-electron chi connectivity index (χ3n) is 2.76. The summed E-state index contributed by atoms with van der Waals surface area (Å²) in [6.45, 7) is 1.45. The van der Waals surface area contributed by atoms with Crippen LogP contribution in [-0.2, 0) is 0 Å². The van der Waals surface area contributed by atoms with Crippen LogP contribution >= 0.6 is 22.6 Å². The Balaban J connectivity index is 2.28. The van der Waals surface area contributed by atoms with Gasteiger partial charge in [0, 0.05) is 11.1 Å². The first kappa shape index (κ1) is 14.5. The number of carbonyl (C=O) groups excluding carboxylic acids is 2. The van der Waals surface area contributed by atoms with Crippen molar-refractivity contribution in [3.05, 3.63) is 57.2 Å². The first-order valence-electron chi connectivity index (χ1n) is 5.89. The molecule has 2 rings (SSSR count). The Morgan fingerprint density at radius 2 is 1.85 bits per heavy atom. The van der Waals surface area contributed by atoms with Crippen molar-refractivity contribution in [2.75, 3.05) is 5.32 Å². The molecule has 4 nitrogen and oxygen atoms in total. The van der Waals surface area contributed by atoms with E-state index in [1.165, 1.54) is 13.0 Å². The molecule has 5 heteroatoms. The second-order valence-corrected chi connectivity index (χ2v) is 5.38. The zero-order valence-corrected chi connectivity index (χ0v) is 12.8. The lowest BCUT2D eigenvalue weighted by Gasteiger charge is -2.09. The third-order valence-corrected chi connectivity index (χ3v) is 3.68. The maximum atomic E-state index is 12.1. The van der Waals surface area contributed by atoms with Crippen LogP contribution in [0.1, 0.15) is 27.6 Å². The molecule has 20 heavy (non-hydrogen) atoms. The number of hydrogen-bond acceptors (Lipinski definition) is 3. The average molecular weight is 381 g/mol.